The number of nitrogens with zero attached hydrogens (tertiary/aromatic N) is 2. The minimum atomic E-state index is 0.104. The lowest BCUT2D eigenvalue weighted by atomic mass is 10.3. The Hall–Kier alpha value is -1.40. The molecule has 0 atom stereocenters. The summed E-state index contributed by atoms with van der Waals surface area (Å²) in [5, 5.41) is 8.62. The highest BCUT2D eigenvalue weighted by molar-refractivity contribution is 5.29. The lowest BCUT2D eigenvalue weighted by molar-refractivity contribution is 0.305. The van der Waals surface area contributed by atoms with Crippen LogP contribution in [0.25, 0.3) is 0 Å². The van der Waals surface area contributed by atoms with E-state index in [1.165, 1.54) is 12.8 Å². The van der Waals surface area contributed by atoms with E-state index in [0.717, 1.165) is 17.2 Å². The van der Waals surface area contributed by atoms with Gasteiger partial charge < -0.3 is 5.11 Å². The van der Waals surface area contributed by atoms with Crippen LogP contribution in [0.4, 0.5) is 0 Å². The largest absolute Gasteiger partial charge is 0.395 e. The standard InChI is InChI=1S/C12H14N2O/c1-9-8-11(4-2-3-7-15)14-12(13-9)10-5-6-10/h8,10,15H,3,5-7H2,1H3. The van der Waals surface area contributed by atoms with Gasteiger partial charge in [-0.15, -0.1) is 0 Å². The average molecular weight is 202 g/mol. The molecule has 1 N–H and O–H groups in total. The average Bonchev–Trinajstić information content (AvgIpc) is 3.00. The van der Waals surface area contributed by atoms with Gasteiger partial charge in [-0.25, -0.2) is 9.97 Å². The molecule has 15 heavy (non-hydrogen) atoms. The van der Waals surface area contributed by atoms with Crippen molar-refractivity contribution in [2.75, 3.05) is 6.61 Å². The molecule has 1 saturated carbocycles. The Bertz CT molecular complexity index is 413. The van der Waals surface area contributed by atoms with E-state index in [1.54, 1.807) is 0 Å². The van der Waals surface area contributed by atoms with Gasteiger partial charge in [0.1, 0.15) is 11.5 Å². The summed E-state index contributed by atoms with van der Waals surface area (Å²) in [7, 11) is 0. The van der Waals surface area contributed by atoms with Crippen molar-refractivity contribution in [1.29, 1.82) is 0 Å². The second-order valence-corrected chi connectivity index (χ2v) is 3.80. The van der Waals surface area contributed by atoms with Crippen LogP contribution in [-0.4, -0.2) is 21.7 Å². The van der Waals surface area contributed by atoms with E-state index in [2.05, 4.69) is 21.8 Å². The van der Waals surface area contributed by atoms with E-state index in [9.17, 15) is 0 Å². The van der Waals surface area contributed by atoms with E-state index < -0.39 is 0 Å². The van der Waals surface area contributed by atoms with Crippen LogP contribution in [0.15, 0.2) is 6.07 Å². The molecule has 0 bridgehead atoms. The third kappa shape index (κ3) is 2.77. The zero-order valence-electron chi connectivity index (χ0n) is 8.82. The van der Waals surface area contributed by atoms with E-state index in [0.29, 0.717) is 12.3 Å². The van der Waals surface area contributed by atoms with Gasteiger partial charge in [-0.05, 0) is 31.8 Å². The zero-order chi connectivity index (χ0) is 10.7. The molecule has 1 fully saturated rings. The number of aryl methyl sites for hydroxylation is 1. The first kappa shape index (κ1) is 10.1. The van der Waals surface area contributed by atoms with Gasteiger partial charge in [-0.2, -0.15) is 0 Å². The third-order valence-electron chi connectivity index (χ3n) is 2.27. The van der Waals surface area contributed by atoms with Gasteiger partial charge >= 0.3 is 0 Å². The van der Waals surface area contributed by atoms with Crippen molar-refractivity contribution in [3.63, 3.8) is 0 Å². The van der Waals surface area contributed by atoms with Crippen LogP contribution in [0, 0.1) is 18.8 Å². The molecule has 3 nitrogen and oxygen atoms in total. The van der Waals surface area contributed by atoms with Gasteiger partial charge in [-0.3, -0.25) is 0 Å². The molecular weight excluding hydrogens is 188 g/mol. The van der Waals surface area contributed by atoms with Crippen molar-refractivity contribution < 1.29 is 5.11 Å². The molecule has 2 rings (SSSR count). The molecule has 0 spiro atoms. The van der Waals surface area contributed by atoms with Crippen LogP contribution >= 0.6 is 0 Å². The van der Waals surface area contributed by atoms with Crippen LogP contribution in [0.2, 0.25) is 0 Å². The Balaban J connectivity index is 2.20. The van der Waals surface area contributed by atoms with Crippen LogP contribution in [0.3, 0.4) is 0 Å². The molecule has 1 aromatic heterocycles. The maximum atomic E-state index is 8.62. The Morgan fingerprint density at radius 1 is 1.47 bits per heavy atom. The highest BCUT2D eigenvalue weighted by Gasteiger charge is 2.26. The smallest absolute Gasteiger partial charge is 0.133 e. The van der Waals surface area contributed by atoms with E-state index >= 15 is 0 Å². The summed E-state index contributed by atoms with van der Waals surface area (Å²) in [6.07, 6.45) is 2.90. The Kier molecular flexibility index (Phi) is 2.98. The molecule has 0 unspecified atom stereocenters. The predicted molar refractivity (Wildman–Crippen MR) is 57.3 cm³/mol. The minimum absolute atomic E-state index is 0.104. The van der Waals surface area contributed by atoms with Gasteiger partial charge in [0.25, 0.3) is 0 Å². The van der Waals surface area contributed by atoms with E-state index in [4.69, 9.17) is 5.11 Å². The summed E-state index contributed by atoms with van der Waals surface area (Å²) >= 11 is 0. The molecule has 0 radical (unpaired) electrons. The summed E-state index contributed by atoms with van der Waals surface area (Å²) < 4.78 is 0. The first-order valence-electron chi connectivity index (χ1n) is 5.25. The molecule has 0 saturated heterocycles. The SMILES string of the molecule is Cc1cc(C#CCCO)nc(C2CC2)n1. The molecule has 1 aliphatic carbocycles. The summed E-state index contributed by atoms with van der Waals surface area (Å²) in [5.41, 5.74) is 1.75. The fourth-order valence-electron chi connectivity index (χ4n) is 1.39. The van der Waals surface area contributed by atoms with Gasteiger partial charge in [0, 0.05) is 18.0 Å². The lowest BCUT2D eigenvalue weighted by Crippen LogP contribution is -1.97. The monoisotopic (exact) mass is 202 g/mol. The highest BCUT2D eigenvalue weighted by atomic mass is 16.2. The van der Waals surface area contributed by atoms with Crippen molar-refractivity contribution >= 4 is 0 Å². The number of aromatic nitrogens is 2. The van der Waals surface area contributed by atoms with Crippen molar-refractivity contribution in [1.82, 2.24) is 9.97 Å². The fraction of sp³-hybridized carbons (Fsp3) is 0.500. The number of aliphatic hydroxyl groups is 1. The number of rotatable bonds is 2. The van der Waals surface area contributed by atoms with Gasteiger partial charge in [0.15, 0.2) is 0 Å². The van der Waals surface area contributed by atoms with Crippen LogP contribution in [-0.2, 0) is 0 Å². The molecule has 1 aromatic rings. The van der Waals surface area contributed by atoms with E-state index in [-0.39, 0.29) is 6.61 Å². The topological polar surface area (TPSA) is 46.0 Å². The maximum Gasteiger partial charge on any atom is 0.133 e. The molecule has 1 heterocycles. The van der Waals surface area contributed by atoms with Crippen molar-refractivity contribution in [2.24, 2.45) is 0 Å². The highest BCUT2D eigenvalue weighted by Crippen LogP contribution is 2.37. The number of hydrogen-bond acceptors (Lipinski definition) is 3. The van der Waals surface area contributed by atoms with Gasteiger partial charge in [0.05, 0.1) is 6.61 Å². The maximum absolute atomic E-state index is 8.62. The Morgan fingerprint density at radius 3 is 2.93 bits per heavy atom. The minimum Gasteiger partial charge on any atom is -0.395 e. The number of hydrogen-bond donors (Lipinski definition) is 1. The van der Waals surface area contributed by atoms with Crippen molar-refractivity contribution in [3.05, 3.63) is 23.3 Å². The van der Waals surface area contributed by atoms with Crippen LogP contribution < -0.4 is 0 Å². The summed E-state index contributed by atoms with van der Waals surface area (Å²) in [5.74, 6) is 7.32. The Morgan fingerprint density at radius 2 is 2.27 bits per heavy atom. The van der Waals surface area contributed by atoms with Gasteiger partial charge in [-0.1, -0.05) is 5.92 Å². The van der Waals surface area contributed by atoms with E-state index in [1.807, 2.05) is 13.0 Å². The van der Waals surface area contributed by atoms with Crippen LogP contribution in [0.1, 0.15) is 42.4 Å². The van der Waals surface area contributed by atoms with Crippen molar-refractivity contribution in [3.8, 4) is 11.8 Å². The number of aliphatic hydroxyl groups excluding tert-OH is 1. The molecular formula is C12H14N2O. The van der Waals surface area contributed by atoms with Gasteiger partial charge in [0.2, 0.25) is 0 Å². The first-order chi connectivity index (χ1) is 7.29. The molecule has 0 amide bonds. The summed E-state index contributed by atoms with van der Waals surface area (Å²) in [4.78, 5) is 8.80. The Labute approximate surface area is 89.6 Å². The van der Waals surface area contributed by atoms with Crippen LogP contribution in [0.5, 0.6) is 0 Å². The zero-order valence-corrected chi connectivity index (χ0v) is 8.82. The normalized spacial score (nSPS) is 14.5. The molecule has 1 aliphatic rings. The summed E-state index contributed by atoms with van der Waals surface area (Å²) in [6, 6.07) is 1.89. The second-order valence-electron chi connectivity index (χ2n) is 3.80. The molecule has 0 aromatic carbocycles. The quantitative estimate of drug-likeness (QED) is 0.737. The fourth-order valence-corrected chi connectivity index (χ4v) is 1.39. The molecule has 3 heteroatoms. The lowest BCUT2D eigenvalue weighted by Gasteiger charge is -1.99. The van der Waals surface area contributed by atoms with Crippen molar-refractivity contribution in [2.45, 2.75) is 32.1 Å². The third-order valence-corrected chi connectivity index (χ3v) is 2.27. The molecule has 78 valence electrons. The summed E-state index contributed by atoms with van der Waals surface area (Å²) in [6.45, 7) is 2.07. The predicted octanol–water partition coefficient (Wildman–Crippen LogP) is 1.40. The first-order valence-corrected chi connectivity index (χ1v) is 5.25. The second kappa shape index (κ2) is 4.41. The molecule has 0 aliphatic heterocycles.